The molecular formula is C14H18ClN3O. The van der Waals surface area contributed by atoms with Gasteiger partial charge in [0.2, 0.25) is 5.89 Å². The lowest BCUT2D eigenvalue weighted by Gasteiger charge is -2.20. The lowest BCUT2D eigenvalue weighted by Crippen LogP contribution is -2.31. The van der Waals surface area contributed by atoms with Crippen LogP contribution in [-0.2, 0) is 11.8 Å². The van der Waals surface area contributed by atoms with Crippen molar-refractivity contribution in [1.82, 2.24) is 10.1 Å². The maximum absolute atomic E-state index is 6.12. The molecule has 0 spiro atoms. The Hall–Kier alpha value is -1.39. The van der Waals surface area contributed by atoms with E-state index in [0.29, 0.717) is 29.7 Å². The molecule has 1 atom stereocenters. The molecule has 0 saturated heterocycles. The summed E-state index contributed by atoms with van der Waals surface area (Å²) in [6.07, 6.45) is 1.42. The van der Waals surface area contributed by atoms with E-state index in [1.54, 1.807) is 0 Å². The Bertz CT molecular complexity index is 549. The Morgan fingerprint density at radius 3 is 2.74 bits per heavy atom. The second-order valence-electron chi connectivity index (χ2n) is 4.90. The molecule has 0 saturated carbocycles. The van der Waals surface area contributed by atoms with E-state index in [4.69, 9.17) is 21.9 Å². The minimum Gasteiger partial charge on any atom is -0.339 e. The van der Waals surface area contributed by atoms with Gasteiger partial charge in [-0.15, -0.1) is 0 Å². The molecule has 0 amide bonds. The van der Waals surface area contributed by atoms with E-state index in [1.165, 1.54) is 0 Å². The number of hydrogen-bond donors (Lipinski definition) is 1. The maximum Gasteiger partial charge on any atom is 0.233 e. The molecule has 0 bridgehead atoms. The van der Waals surface area contributed by atoms with Gasteiger partial charge in [-0.2, -0.15) is 4.98 Å². The fourth-order valence-electron chi connectivity index (χ4n) is 1.77. The third-order valence-corrected chi connectivity index (χ3v) is 3.89. The van der Waals surface area contributed by atoms with Crippen LogP contribution in [-0.4, -0.2) is 16.7 Å². The molecule has 0 fully saturated rings. The van der Waals surface area contributed by atoms with Gasteiger partial charge in [0, 0.05) is 18.0 Å². The van der Waals surface area contributed by atoms with Gasteiger partial charge in [-0.05, 0) is 25.0 Å². The zero-order valence-electron chi connectivity index (χ0n) is 11.2. The van der Waals surface area contributed by atoms with Crippen LogP contribution < -0.4 is 5.73 Å². The fourth-order valence-corrected chi connectivity index (χ4v) is 1.97. The van der Waals surface area contributed by atoms with Crippen molar-refractivity contribution >= 4 is 11.6 Å². The van der Waals surface area contributed by atoms with Crippen LogP contribution in [0.5, 0.6) is 0 Å². The fraction of sp³-hybridized carbons (Fsp3) is 0.429. The molecule has 0 aliphatic rings. The second-order valence-corrected chi connectivity index (χ2v) is 5.31. The molecule has 0 radical (unpaired) electrons. The molecule has 19 heavy (non-hydrogen) atoms. The average Bonchev–Trinajstić information content (AvgIpc) is 2.90. The molecule has 4 nitrogen and oxygen atoms in total. The van der Waals surface area contributed by atoms with Gasteiger partial charge in [0.05, 0.1) is 5.41 Å². The molecule has 1 aromatic carbocycles. The number of benzene rings is 1. The quantitative estimate of drug-likeness (QED) is 0.914. The summed E-state index contributed by atoms with van der Waals surface area (Å²) in [6.45, 7) is 4.57. The topological polar surface area (TPSA) is 64.9 Å². The van der Waals surface area contributed by atoms with E-state index in [-0.39, 0.29) is 5.41 Å². The number of hydrogen-bond acceptors (Lipinski definition) is 4. The van der Waals surface area contributed by atoms with Crippen LogP contribution in [0.1, 0.15) is 37.5 Å². The summed E-state index contributed by atoms with van der Waals surface area (Å²) in [5.41, 5.74) is 6.52. The first-order valence-corrected chi connectivity index (χ1v) is 6.73. The number of rotatable bonds is 5. The highest BCUT2D eigenvalue weighted by molar-refractivity contribution is 6.31. The second kappa shape index (κ2) is 5.72. The molecule has 1 aromatic heterocycles. The summed E-state index contributed by atoms with van der Waals surface area (Å²) in [5, 5.41) is 4.73. The van der Waals surface area contributed by atoms with Crippen molar-refractivity contribution in [2.45, 2.75) is 32.1 Å². The van der Waals surface area contributed by atoms with E-state index in [9.17, 15) is 0 Å². The molecule has 0 aliphatic heterocycles. The first-order valence-electron chi connectivity index (χ1n) is 6.35. The highest BCUT2D eigenvalue weighted by Gasteiger charge is 2.29. The monoisotopic (exact) mass is 279 g/mol. The highest BCUT2D eigenvalue weighted by atomic mass is 35.5. The summed E-state index contributed by atoms with van der Waals surface area (Å²) in [4.78, 5) is 4.44. The number of halogens is 1. The number of nitrogens with zero attached hydrogens (tertiary/aromatic N) is 2. The van der Waals surface area contributed by atoms with Gasteiger partial charge in [-0.1, -0.05) is 41.9 Å². The van der Waals surface area contributed by atoms with E-state index in [0.717, 1.165) is 12.0 Å². The summed E-state index contributed by atoms with van der Waals surface area (Å²) >= 11 is 6.12. The predicted octanol–water partition coefficient (Wildman–Crippen LogP) is 2.94. The lowest BCUT2D eigenvalue weighted by molar-refractivity contribution is 0.289. The van der Waals surface area contributed by atoms with E-state index >= 15 is 0 Å². The van der Waals surface area contributed by atoms with Crippen LogP contribution in [0, 0.1) is 0 Å². The molecule has 1 unspecified atom stereocenters. The Kier molecular flexibility index (Phi) is 4.22. The van der Waals surface area contributed by atoms with Crippen molar-refractivity contribution in [2.75, 3.05) is 6.54 Å². The molecule has 102 valence electrons. The molecular weight excluding hydrogens is 262 g/mol. The first kappa shape index (κ1) is 14.0. The number of aromatic nitrogens is 2. The Morgan fingerprint density at radius 2 is 2.11 bits per heavy atom. The number of nitrogens with two attached hydrogens (primary N) is 1. The van der Waals surface area contributed by atoms with Gasteiger partial charge in [-0.3, -0.25) is 0 Å². The van der Waals surface area contributed by atoms with Crippen molar-refractivity contribution < 1.29 is 4.52 Å². The van der Waals surface area contributed by atoms with Crippen LogP contribution in [0.2, 0.25) is 5.02 Å². The van der Waals surface area contributed by atoms with Crippen LogP contribution in [0.25, 0.3) is 0 Å². The summed E-state index contributed by atoms with van der Waals surface area (Å²) in [6, 6.07) is 7.66. The van der Waals surface area contributed by atoms with Crippen molar-refractivity contribution in [3.63, 3.8) is 0 Å². The Morgan fingerprint density at radius 1 is 1.37 bits per heavy atom. The standard InChI is InChI=1S/C14H18ClN3O/c1-3-14(2,9-16)13-17-12(18-19-13)8-10-6-4-5-7-11(10)15/h4-7H,3,8-9,16H2,1-2H3. The predicted molar refractivity (Wildman–Crippen MR) is 75.3 cm³/mol. The lowest BCUT2D eigenvalue weighted by atomic mass is 9.88. The molecule has 2 N–H and O–H groups in total. The molecule has 0 aliphatic carbocycles. The molecule has 2 aromatic rings. The smallest absolute Gasteiger partial charge is 0.233 e. The third-order valence-electron chi connectivity index (χ3n) is 3.52. The zero-order chi connectivity index (χ0) is 13.9. The summed E-state index contributed by atoms with van der Waals surface area (Å²) in [7, 11) is 0. The van der Waals surface area contributed by atoms with Crippen LogP contribution in [0.4, 0.5) is 0 Å². The van der Waals surface area contributed by atoms with Gasteiger partial charge in [0.15, 0.2) is 5.82 Å². The van der Waals surface area contributed by atoms with Crippen molar-refractivity contribution in [3.8, 4) is 0 Å². The minimum atomic E-state index is -0.258. The molecule has 5 heteroatoms. The third kappa shape index (κ3) is 2.96. The maximum atomic E-state index is 6.12. The SMILES string of the molecule is CCC(C)(CN)c1nc(Cc2ccccc2Cl)no1. The van der Waals surface area contributed by atoms with Gasteiger partial charge in [0.1, 0.15) is 0 Å². The first-order chi connectivity index (χ1) is 9.09. The largest absolute Gasteiger partial charge is 0.339 e. The van der Waals surface area contributed by atoms with Crippen LogP contribution in [0.3, 0.4) is 0 Å². The van der Waals surface area contributed by atoms with Crippen molar-refractivity contribution in [1.29, 1.82) is 0 Å². The zero-order valence-corrected chi connectivity index (χ0v) is 11.9. The van der Waals surface area contributed by atoms with Gasteiger partial charge in [0.25, 0.3) is 0 Å². The van der Waals surface area contributed by atoms with Crippen LogP contribution in [0.15, 0.2) is 28.8 Å². The van der Waals surface area contributed by atoms with Gasteiger partial charge in [-0.25, -0.2) is 0 Å². The molecule has 1 heterocycles. The summed E-state index contributed by atoms with van der Waals surface area (Å²) in [5.74, 6) is 1.23. The minimum absolute atomic E-state index is 0.258. The van der Waals surface area contributed by atoms with E-state index in [1.807, 2.05) is 31.2 Å². The molecule has 2 rings (SSSR count). The summed E-state index contributed by atoms with van der Waals surface area (Å²) < 4.78 is 5.34. The van der Waals surface area contributed by atoms with Crippen molar-refractivity contribution in [3.05, 3.63) is 46.6 Å². The van der Waals surface area contributed by atoms with E-state index in [2.05, 4.69) is 17.1 Å². The normalized spacial score (nSPS) is 14.3. The van der Waals surface area contributed by atoms with Gasteiger partial charge >= 0.3 is 0 Å². The van der Waals surface area contributed by atoms with Gasteiger partial charge < -0.3 is 10.3 Å². The van der Waals surface area contributed by atoms with Crippen LogP contribution >= 0.6 is 11.6 Å². The Labute approximate surface area is 118 Å². The van der Waals surface area contributed by atoms with E-state index < -0.39 is 0 Å². The Balaban J connectivity index is 2.21. The average molecular weight is 280 g/mol. The van der Waals surface area contributed by atoms with Crippen molar-refractivity contribution in [2.24, 2.45) is 5.73 Å². The highest BCUT2D eigenvalue weighted by Crippen LogP contribution is 2.25.